The van der Waals surface area contributed by atoms with E-state index in [-0.39, 0.29) is 11.8 Å². The standard InChI is InChI=1S/C16H15N3O2S2/c20-16(12-5-8-22-10-12)19-6-1-3-11(9-19)14-17-18-15(21-14)13-4-2-7-23-13/h2,4-5,7-8,10-11H,1,3,6,9H2. The van der Waals surface area contributed by atoms with E-state index < -0.39 is 0 Å². The third-order valence-electron chi connectivity index (χ3n) is 4.00. The molecule has 1 aliphatic rings. The maximum absolute atomic E-state index is 12.5. The number of piperidine rings is 1. The van der Waals surface area contributed by atoms with E-state index in [2.05, 4.69) is 10.2 Å². The molecule has 0 N–H and O–H groups in total. The number of carbonyl (C=O) groups is 1. The lowest BCUT2D eigenvalue weighted by Crippen LogP contribution is -2.39. The van der Waals surface area contributed by atoms with E-state index in [1.165, 1.54) is 0 Å². The van der Waals surface area contributed by atoms with Crippen molar-refractivity contribution in [2.75, 3.05) is 13.1 Å². The van der Waals surface area contributed by atoms with Crippen molar-refractivity contribution in [3.63, 3.8) is 0 Å². The molecule has 118 valence electrons. The van der Waals surface area contributed by atoms with Gasteiger partial charge in [-0.3, -0.25) is 4.79 Å². The second-order valence-corrected chi connectivity index (χ2v) is 7.25. The summed E-state index contributed by atoms with van der Waals surface area (Å²) in [7, 11) is 0. The number of carbonyl (C=O) groups excluding carboxylic acids is 1. The molecule has 1 atom stereocenters. The van der Waals surface area contributed by atoms with Crippen molar-refractivity contribution < 1.29 is 9.21 Å². The molecule has 1 unspecified atom stereocenters. The van der Waals surface area contributed by atoms with E-state index in [4.69, 9.17) is 4.42 Å². The van der Waals surface area contributed by atoms with Gasteiger partial charge in [0.25, 0.3) is 11.8 Å². The van der Waals surface area contributed by atoms with Gasteiger partial charge >= 0.3 is 0 Å². The molecule has 0 radical (unpaired) electrons. The fourth-order valence-corrected chi connectivity index (χ4v) is 4.11. The van der Waals surface area contributed by atoms with Gasteiger partial charge in [0.2, 0.25) is 5.89 Å². The number of nitrogens with zero attached hydrogens (tertiary/aromatic N) is 3. The first-order chi connectivity index (χ1) is 11.3. The minimum absolute atomic E-state index is 0.0916. The lowest BCUT2D eigenvalue weighted by atomic mass is 9.97. The Morgan fingerprint density at radius 1 is 1.30 bits per heavy atom. The van der Waals surface area contributed by atoms with Crippen molar-refractivity contribution >= 4 is 28.6 Å². The Labute approximate surface area is 141 Å². The Balaban J connectivity index is 1.50. The smallest absolute Gasteiger partial charge is 0.257 e. The predicted octanol–water partition coefficient (Wildman–Crippen LogP) is 3.88. The topological polar surface area (TPSA) is 59.2 Å². The van der Waals surface area contributed by atoms with Gasteiger partial charge in [0.15, 0.2) is 0 Å². The maximum atomic E-state index is 12.5. The number of hydrogen-bond acceptors (Lipinski definition) is 6. The molecular weight excluding hydrogens is 330 g/mol. The van der Waals surface area contributed by atoms with Crippen LogP contribution in [0.25, 0.3) is 10.8 Å². The van der Waals surface area contributed by atoms with E-state index in [1.807, 2.05) is 39.2 Å². The first-order valence-electron chi connectivity index (χ1n) is 7.50. The van der Waals surface area contributed by atoms with Gasteiger partial charge in [-0.2, -0.15) is 11.3 Å². The van der Waals surface area contributed by atoms with Crippen molar-refractivity contribution in [2.45, 2.75) is 18.8 Å². The van der Waals surface area contributed by atoms with Crippen molar-refractivity contribution in [3.8, 4) is 10.8 Å². The van der Waals surface area contributed by atoms with Gasteiger partial charge in [-0.05, 0) is 35.7 Å². The molecule has 3 aromatic rings. The summed E-state index contributed by atoms with van der Waals surface area (Å²) in [5.74, 6) is 1.41. The molecule has 0 aromatic carbocycles. The highest BCUT2D eigenvalue weighted by atomic mass is 32.1. The summed E-state index contributed by atoms with van der Waals surface area (Å²) in [6.45, 7) is 1.43. The zero-order chi connectivity index (χ0) is 15.6. The fraction of sp³-hybridized carbons (Fsp3) is 0.312. The van der Waals surface area contributed by atoms with E-state index in [0.29, 0.717) is 18.3 Å². The van der Waals surface area contributed by atoms with Crippen LogP contribution >= 0.6 is 22.7 Å². The second-order valence-electron chi connectivity index (χ2n) is 5.53. The molecule has 0 bridgehead atoms. The van der Waals surface area contributed by atoms with Crippen LogP contribution in [-0.4, -0.2) is 34.1 Å². The van der Waals surface area contributed by atoms with Gasteiger partial charge in [-0.15, -0.1) is 21.5 Å². The molecular formula is C16H15N3O2S2. The first kappa shape index (κ1) is 14.6. The molecule has 7 heteroatoms. The van der Waals surface area contributed by atoms with Crippen molar-refractivity contribution in [2.24, 2.45) is 0 Å². The number of aromatic nitrogens is 2. The molecule has 0 saturated carbocycles. The second kappa shape index (κ2) is 6.25. The van der Waals surface area contributed by atoms with Crippen LogP contribution in [0.5, 0.6) is 0 Å². The van der Waals surface area contributed by atoms with Gasteiger partial charge in [0.1, 0.15) is 0 Å². The van der Waals surface area contributed by atoms with Crippen LogP contribution in [0.15, 0.2) is 38.8 Å². The minimum atomic E-state index is 0.0916. The number of hydrogen-bond donors (Lipinski definition) is 0. The van der Waals surface area contributed by atoms with Crippen molar-refractivity contribution in [3.05, 3.63) is 45.8 Å². The van der Waals surface area contributed by atoms with E-state index in [0.717, 1.165) is 29.8 Å². The number of thiophene rings is 2. The normalized spacial score (nSPS) is 18.3. The molecule has 3 aromatic heterocycles. The lowest BCUT2D eigenvalue weighted by Gasteiger charge is -2.30. The van der Waals surface area contributed by atoms with Crippen LogP contribution in [0.1, 0.15) is 35.0 Å². The third kappa shape index (κ3) is 2.94. The molecule has 1 saturated heterocycles. The fourth-order valence-electron chi connectivity index (χ4n) is 2.83. The first-order valence-corrected chi connectivity index (χ1v) is 9.32. The Hall–Kier alpha value is -1.99. The summed E-state index contributed by atoms with van der Waals surface area (Å²) in [6.07, 6.45) is 1.93. The van der Waals surface area contributed by atoms with Gasteiger partial charge in [0.05, 0.1) is 16.4 Å². The van der Waals surface area contributed by atoms with Crippen LogP contribution in [0.4, 0.5) is 0 Å². The van der Waals surface area contributed by atoms with Gasteiger partial charge < -0.3 is 9.32 Å². The van der Waals surface area contributed by atoms with Crippen LogP contribution in [0, 0.1) is 0 Å². The van der Waals surface area contributed by atoms with Gasteiger partial charge in [-0.25, -0.2) is 0 Å². The minimum Gasteiger partial charge on any atom is -0.420 e. The summed E-state index contributed by atoms with van der Waals surface area (Å²) in [4.78, 5) is 15.4. The van der Waals surface area contributed by atoms with E-state index >= 15 is 0 Å². The highest BCUT2D eigenvalue weighted by Crippen LogP contribution is 2.30. The molecule has 5 nitrogen and oxygen atoms in total. The van der Waals surface area contributed by atoms with Crippen molar-refractivity contribution in [1.29, 1.82) is 0 Å². The molecule has 1 amide bonds. The van der Waals surface area contributed by atoms with E-state index in [9.17, 15) is 4.79 Å². The third-order valence-corrected chi connectivity index (χ3v) is 5.54. The average Bonchev–Trinajstić information content (AvgIpc) is 3.36. The van der Waals surface area contributed by atoms with E-state index in [1.54, 1.807) is 22.7 Å². The molecule has 1 aliphatic heterocycles. The maximum Gasteiger partial charge on any atom is 0.257 e. The SMILES string of the molecule is O=C(c1ccsc1)N1CCCC(c2nnc(-c3cccs3)o2)C1. The highest BCUT2D eigenvalue weighted by Gasteiger charge is 2.29. The van der Waals surface area contributed by atoms with Crippen molar-refractivity contribution in [1.82, 2.24) is 15.1 Å². The van der Waals surface area contributed by atoms with Gasteiger partial charge in [0, 0.05) is 18.5 Å². The van der Waals surface area contributed by atoms with Crippen LogP contribution in [-0.2, 0) is 0 Å². The Kier molecular flexibility index (Phi) is 3.97. The zero-order valence-electron chi connectivity index (χ0n) is 12.3. The molecule has 0 spiro atoms. The number of amides is 1. The quantitative estimate of drug-likeness (QED) is 0.723. The summed E-state index contributed by atoms with van der Waals surface area (Å²) < 4.78 is 5.84. The van der Waals surface area contributed by atoms with Crippen LogP contribution in [0.2, 0.25) is 0 Å². The lowest BCUT2D eigenvalue weighted by molar-refractivity contribution is 0.0699. The molecule has 23 heavy (non-hydrogen) atoms. The summed E-state index contributed by atoms with van der Waals surface area (Å²) >= 11 is 3.12. The monoisotopic (exact) mass is 345 g/mol. The predicted molar refractivity (Wildman–Crippen MR) is 89.8 cm³/mol. The molecule has 4 heterocycles. The zero-order valence-corrected chi connectivity index (χ0v) is 14.0. The van der Waals surface area contributed by atoms with Crippen LogP contribution < -0.4 is 0 Å². The Bertz CT molecular complexity index is 780. The Morgan fingerprint density at radius 2 is 2.26 bits per heavy atom. The summed E-state index contributed by atoms with van der Waals surface area (Å²) in [5.41, 5.74) is 0.764. The highest BCUT2D eigenvalue weighted by molar-refractivity contribution is 7.13. The van der Waals surface area contributed by atoms with Gasteiger partial charge in [-0.1, -0.05) is 6.07 Å². The Morgan fingerprint density at radius 3 is 3.04 bits per heavy atom. The summed E-state index contributed by atoms with van der Waals surface area (Å²) in [6, 6.07) is 5.80. The van der Waals surface area contributed by atoms with Crippen LogP contribution in [0.3, 0.4) is 0 Å². The number of rotatable bonds is 3. The summed E-state index contributed by atoms with van der Waals surface area (Å²) in [5, 5.41) is 14.2. The molecule has 1 fully saturated rings. The molecule has 0 aliphatic carbocycles. The largest absolute Gasteiger partial charge is 0.420 e. The average molecular weight is 345 g/mol. The molecule has 4 rings (SSSR count). The number of likely N-dealkylation sites (tertiary alicyclic amines) is 1.